The Bertz CT molecular complexity index is 878. The minimum Gasteiger partial charge on any atom is -0.444 e. The molecule has 2 aromatic heterocycles. The Hall–Kier alpha value is -1.67. The highest BCUT2D eigenvalue weighted by atomic mass is 79.9. The number of rotatable bonds is 1. The lowest BCUT2D eigenvalue weighted by molar-refractivity contribution is 0.0636. The number of anilines is 1. The number of hydrogen-bond acceptors (Lipinski definition) is 5. The maximum atomic E-state index is 11.9. The molecule has 1 aromatic carbocycles. The maximum absolute atomic E-state index is 11.9. The Labute approximate surface area is 139 Å². The summed E-state index contributed by atoms with van der Waals surface area (Å²) in [6, 6.07) is 1.90. The van der Waals surface area contributed by atoms with Crippen LogP contribution in [0.5, 0.6) is 0 Å². The minimum atomic E-state index is -0.543. The molecule has 116 valence electrons. The van der Waals surface area contributed by atoms with Crippen LogP contribution in [-0.2, 0) is 11.8 Å². The fourth-order valence-corrected chi connectivity index (χ4v) is 3.63. The first kappa shape index (κ1) is 15.2. The lowest BCUT2D eigenvalue weighted by atomic mass is 10.2. The highest BCUT2D eigenvalue weighted by Gasteiger charge is 2.19. The molecule has 0 aliphatic rings. The zero-order valence-corrected chi connectivity index (χ0v) is 15.0. The van der Waals surface area contributed by atoms with Gasteiger partial charge in [0.15, 0.2) is 5.13 Å². The quantitative estimate of drug-likeness (QED) is 0.681. The molecule has 2 heterocycles. The summed E-state index contributed by atoms with van der Waals surface area (Å²) in [6.07, 6.45) is 1.25. The highest BCUT2D eigenvalue weighted by Crippen LogP contribution is 2.36. The van der Waals surface area contributed by atoms with Crippen molar-refractivity contribution in [1.29, 1.82) is 0 Å². The third-order valence-corrected chi connectivity index (χ3v) is 4.50. The van der Waals surface area contributed by atoms with Gasteiger partial charge in [-0.25, -0.2) is 14.8 Å². The van der Waals surface area contributed by atoms with Crippen LogP contribution in [0.2, 0.25) is 0 Å². The van der Waals surface area contributed by atoms with Crippen LogP contribution in [-0.4, -0.2) is 26.2 Å². The van der Waals surface area contributed by atoms with E-state index in [-0.39, 0.29) is 0 Å². The Balaban J connectivity index is 2.01. The van der Waals surface area contributed by atoms with Gasteiger partial charge in [0.05, 0.1) is 22.1 Å². The van der Waals surface area contributed by atoms with E-state index in [0.717, 1.165) is 25.7 Å². The van der Waals surface area contributed by atoms with E-state index < -0.39 is 11.7 Å². The largest absolute Gasteiger partial charge is 0.444 e. The molecule has 6 nitrogen and oxygen atoms in total. The number of imidazole rings is 1. The lowest BCUT2D eigenvalue weighted by Crippen LogP contribution is -2.27. The summed E-state index contributed by atoms with van der Waals surface area (Å²) < 4.78 is 9.05. The number of nitrogens with zero attached hydrogens (tertiary/aromatic N) is 3. The summed E-state index contributed by atoms with van der Waals surface area (Å²) in [7, 11) is 1.93. The van der Waals surface area contributed by atoms with Crippen LogP contribution >= 0.6 is 27.3 Å². The maximum Gasteiger partial charge on any atom is 0.413 e. The number of ether oxygens (including phenoxy) is 1. The molecule has 3 rings (SSSR count). The molecule has 0 saturated carbocycles. The lowest BCUT2D eigenvalue weighted by Gasteiger charge is -2.18. The summed E-state index contributed by atoms with van der Waals surface area (Å²) in [5.74, 6) is 0. The highest BCUT2D eigenvalue weighted by molar-refractivity contribution is 9.10. The van der Waals surface area contributed by atoms with E-state index in [1.165, 1.54) is 11.3 Å². The van der Waals surface area contributed by atoms with Gasteiger partial charge in [0.2, 0.25) is 0 Å². The van der Waals surface area contributed by atoms with Gasteiger partial charge in [-0.15, -0.1) is 0 Å². The molecular formula is C14H15BrN4O2S. The standard InChI is InChI=1S/C14H15BrN4O2S/c1-14(2,3)21-13(20)18-12-17-8-5-7(15)9-10(11(8)22-12)19(4)6-16-9/h5-6H,1-4H3,(H,17,18,20). The monoisotopic (exact) mass is 382 g/mol. The first-order valence-corrected chi connectivity index (χ1v) is 8.25. The summed E-state index contributed by atoms with van der Waals surface area (Å²) in [5, 5.41) is 3.19. The number of hydrogen-bond donors (Lipinski definition) is 1. The molecule has 0 saturated heterocycles. The van der Waals surface area contributed by atoms with Gasteiger partial charge >= 0.3 is 6.09 Å². The smallest absolute Gasteiger partial charge is 0.413 e. The van der Waals surface area contributed by atoms with Crippen LogP contribution in [0.4, 0.5) is 9.93 Å². The zero-order chi connectivity index (χ0) is 16.1. The van der Waals surface area contributed by atoms with Crippen molar-refractivity contribution in [3.8, 4) is 0 Å². The normalized spacial score (nSPS) is 12.0. The van der Waals surface area contributed by atoms with Crippen molar-refractivity contribution in [3.05, 3.63) is 16.9 Å². The number of fused-ring (bicyclic) bond motifs is 3. The topological polar surface area (TPSA) is 69.0 Å². The SMILES string of the molecule is Cn1cnc2c(Br)cc3nc(NC(=O)OC(C)(C)C)sc3c21. The molecule has 0 spiro atoms. The van der Waals surface area contributed by atoms with E-state index in [1.807, 2.05) is 38.5 Å². The van der Waals surface area contributed by atoms with Crippen LogP contribution in [0.3, 0.4) is 0 Å². The third-order valence-electron chi connectivity index (χ3n) is 2.90. The summed E-state index contributed by atoms with van der Waals surface area (Å²) in [4.78, 5) is 20.7. The van der Waals surface area contributed by atoms with Gasteiger partial charge in [0.1, 0.15) is 11.1 Å². The molecule has 0 aliphatic carbocycles. The average Bonchev–Trinajstić information content (AvgIpc) is 2.90. The number of amides is 1. The molecule has 0 bridgehead atoms. The van der Waals surface area contributed by atoms with E-state index in [0.29, 0.717) is 5.13 Å². The fraction of sp³-hybridized carbons (Fsp3) is 0.357. The second kappa shape index (κ2) is 5.20. The van der Waals surface area contributed by atoms with Gasteiger partial charge in [-0.3, -0.25) is 5.32 Å². The van der Waals surface area contributed by atoms with Gasteiger partial charge in [-0.1, -0.05) is 11.3 Å². The molecule has 1 N–H and O–H groups in total. The van der Waals surface area contributed by atoms with Crippen LogP contribution < -0.4 is 5.32 Å². The molecule has 0 radical (unpaired) electrons. The zero-order valence-electron chi connectivity index (χ0n) is 12.6. The van der Waals surface area contributed by atoms with Gasteiger partial charge in [-0.05, 0) is 42.8 Å². The summed E-state index contributed by atoms with van der Waals surface area (Å²) >= 11 is 4.91. The van der Waals surface area contributed by atoms with E-state index in [4.69, 9.17) is 4.74 Å². The molecule has 0 fully saturated rings. The Morgan fingerprint density at radius 1 is 1.45 bits per heavy atom. The van der Waals surface area contributed by atoms with Crippen LogP contribution in [0, 0.1) is 0 Å². The Kier molecular flexibility index (Phi) is 3.60. The second-order valence-corrected chi connectivity index (χ2v) is 7.76. The van der Waals surface area contributed by atoms with Crippen molar-refractivity contribution >= 4 is 59.7 Å². The van der Waals surface area contributed by atoms with E-state index in [1.54, 1.807) is 6.33 Å². The second-order valence-electron chi connectivity index (χ2n) is 5.91. The van der Waals surface area contributed by atoms with Gasteiger partial charge < -0.3 is 9.30 Å². The van der Waals surface area contributed by atoms with E-state index in [9.17, 15) is 4.79 Å². The Morgan fingerprint density at radius 3 is 2.86 bits per heavy atom. The van der Waals surface area contributed by atoms with Crippen molar-refractivity contribution in [2.45, 2.75) is 26.4 Å². The van der Waals surface area contributed by atoms with E-state index >= 15 is 0 Å². The van der Waals surface area contributed by atoms with Crippen molar-refractivity contribution in [1.82, 2.24) is 14.5 Å². The molecule has 0 atom stereocenters. The molecule has 0 unspecified atom stereocenters. The van der Waals surface area contributed by atoms with Gasteiger partial charge in [0, 0.05) is 11.5 Å². The molecule has 22 heavy (non-hydrogen) atoms. The molecule has 0 aliphatic heterocycles. The average molecular weight is 383 g/mol. The number of aromatic nitrogens is 3. The van der Waals surface area contributed by atoms with Crippen molar-refractivity contribution in [2.75, 3.05) is 5.32 Å². The van der Waals surface area contributed by atoms with Crippen LogP contribution in [0.25, 0.3) is 21.3 Å². The number of carbonyl (C=O) groups is 1. The number of thiazole rings is 1. The number of aryl methyl sites for hydroxylation is 1. The molecule has 3 aromatic rings. The predicted octanol–water partition coefficient (Wildman–Crippen LogP) is 4.29. The predicted molar refractivity (Wildman–Crippen MR) is 91.4 cm³/mol. The number of benzene rings is 1. The summed E-state index contributed by atoms with van der Waals surface area (Å²) in [6.45, 7) is 5.46. The molecular weight excluding hydrogens is 368 g/mol. The number of halogens is 1. The van der Waals surface area contributed by atoms with Crippen molar-refractivity contribution in [3.63, 3.8) is 0 Å². The van der Waals surface area contributed by atoms with Crippen molar-refractivity contribution < 1.29 is 9.53 Å². The van der Waals surface area contributed by atoms with Crippen molar-refractivity contribution in [2.24, 2.45) is 7.05 Å². The third kappa shape index (κ3) is 2.80. The van der Waals surface area contributed by atoms with Gasteiger partial charge in [0.25, 0.3) is 0 Å². The first-order chi connectivity index (χ1) is 10.2. The molecule has 8 heteroatoms. The van der Waals surface area contributed by atoms with Gasteiger partial charge in [-0.2, -0.15) is 0 Å². The number of nitrogens with one attached hydrogen (secondary N) is 1. The summed E-state index contributed by atoms with van der Waals surface area (Å²) in [5.41, 5.74) is 2.12. The Morgan fingerprint density at radius 2 is 2.18 bits per heavy atom. The molecule has 1 amide bonds. The number of carbonyl (C=O) groups excluding carboxylic acids is 1. The minimum absolute atomic E-state index is 0.504. The van der Waals surface area contributed by atoms with E-state index in [2.05, 4.69) is 31.2 Å². The fourth-order valence-electron chi connectivity index (χ4n) is 2.10. The van der Waals surface area contributed by atoms with Crippen LogP contribution in [0.15, 0.2) is 16.9 Å². The van der Waals surface area contributed by atoms with Crippen LogP contribution in [0.1, 0.15) is 20.8 Å². The first-order valence-electron chi connectivity index (χ1n) is 6.64.